The molecule has 3 rings (SSSR count). The maximum absolute atomic E-state index is 13.4. The molecule has 1 atom stereocenters. The second-order valence-electron chi connectivity index (χ2n) is 6.84. The summed E-state index contributed by atoms with van der Waals surface area (Å²) >= 11 is 1.56. The standard InChI is InChI=1S/C21H26FN3O2S/c1-4-28-21-19(20(26)23-12-16-6-5-7-17(22)11-16)14(2)10-18(24-21)25-8-9-27-13-15(25)3/h5-7,10-11,15H,4,8-9,12-13H2,1-3H3,(H,23,26)/t15-/m1/s1. The molecule has 2 heterocycles. The number of aryl methyl sites for hydroxylation is 1. The highest BCUT2D eigenvalue weighted by molar-refractivity contribution is 7.99. The largest absolute Gasteiger partial charge is 0.377 e. The van der Waals surface area contributed by atoms with Crippen LogP contribution in [0, 0.1) is 12.7 Å². The van der Waals surface area contributed by atoms with Crippen molar-refractivity contribution >= 4 is 23.5 Å². The Morgan fingerprint density at radius 1 is 1.43 bits per heavy atom. The Morgan fingerprint density at radius 3 is 2.96 bits per heavy atom. The number of ether oxygens (including phenoxy) is 1. The van der Waals surface area contributed by atoms with Crippen LogP contribution in [-0.4, -0.2) is 42.4 Å². The molecule has 2 aromatic rings. The summed E-state index contributed by atoms with van der Waals surface area (Å²) < 4.78 is 18.9. The minimum absolute atomic E-state index is 0.188. The fourth-order valence-corrected chi connectivity index (χ4v) is 4.11. The fourth-order valence-electron chi connectivity index (χ4n) is 3.28. The predicted octanol–water partition coefficient (Wildman–Crippen LogP) is 3.80. The van der Waals surface area contributed by atoms with Crippen LogP contribution in [0.15, 0.2) is 35.4 Å². The number of hydrogen-bond donors (Lipinski definition) is 1. The summed E-state index contributed by atoms with van der Waals surface area (Å²) in [4.78, 5) is 19.9. The predicted molar refractivity (Wildman–Crippen MR) is 111 cm³/mol. The SMILES string of the molecule is CCSc1nc(N2CCOC[C@H]2C)cc(C)c1C(=O)NCc1cccc(F)c1. The monoisotopic (exact) mass is 403 g/mol. The Labute approximate surface area is 169 Å². The van der Waals surface area contributed by atoms with Crippen LogP contribution in [0.25, 0.3) is 0 Å². The molecule has 150 valence electrons. The van der Waals surface area contributed by atoms with Gasteiger partial charge < -0.3 is 15.0 Å². The zero-order chi connectivity index (χ0) is 20.1. The van der Waals surface area contributed by atoms with Gasteiger partial charge >= 0.3 is 0 Å². The van der Waals surface area contributed by atoms with E-state index in [9.17, 15) is 9.18 Å². The second-order valence-corrected chi connectivity index (χ2v) is 8.09. The summed E-state index contributed by atoms with van der Waals surface area (Å²) in [7, 11) is 0. The first kappa shape index (κ1) is 20.6. The molecule has 0 radical (unpaired) electrons. The molecular weight excluding hydrogens is 377 g/mol. The number of anilines is 1. The van der Waals surface area contributed by atoms with Crippen LogP contribution < -0.4 is 10.2 Å². The van der Waals surface area contributed by atoms with Crippen LogP contribution in [0.1, 0.15) is 35.3 Å². The number of halogens is 1. The van der Waals surface area contributed by atoms with E-state index in [4.69, 9.17) is 9.72 Å². The molecule has 1 aliphatic heterocycles. The van der Waals surface area contributed by atoms with E-state index in [-0.39, 0.29) is 24.3 Å². The van der Waals surface area contributed by atoms with Gasteiger partial charge in [-0.15, -0.1) is 11.8 Å². The molecule has 1 saturated heterocycles. The van der Waals surface area contributed by atoms with Gasteiger partial charge in [0, 0.05) is 13.1 Å². The molecule has 1 N–H and O–H groups in total. The minimum Gasteiger partial charge on any atom is -0.377 e. The van der Waals surface area contributed by atoms with Crippen molar-refractivity contribution in [2.24, 2.45) is 0 Å². The van der Waals surface area contributed by atoms with E-state index in [1.807, 2.05) is 19.9 Å². The topological polar surface area (TPSA) is 54.5 Å². The molecule has 1 aromatic carbocycles. The van der Waals surface area contributed by atoms with Crippen LogP contribution in [0.4, 0.5) is 10.2 Å². The van der Waals surface area contributed by atoms with Gasteiger partial charge in [0.2, 0.25) is 0 Å². The third kappa shape index (κ3) is 4.83. The van der Waals surface area contributed by atoms with E-state index in [1.165, 1.54) is 12.1 Å². The Morgan fingerprint density at radius 2 is 2.25 bits per heavy atom. The van der Waals surface area contributed by atoms with Crippen molar-refractivity contribution in [1.29, 1.82) is 0 Å². The quantitative estimate of drug-likeness (QED) is 0.744. The number of carbonyl (C=O) groups is 1. The highest BCUT2D eigenvalue weighted by Gasteiger charge is 2.24. The average molecular weight is 404 g/mol. The summed E-state index contributed by atoms with van der Waals surface area (Å²) in [5.41, 5.74) is 2.20. The van der Waals surface area contributed by atoms with Crippen molar-refractivity contribution in [1.82, 2.24) is 10.3 Å². The van der Waals surface area contributed by atoms with Gasteiger partial charge in [0.1, 0.15) is 16.7 Å². The number of benzene rings is 1. The molecule has 0 unspecified atom stereocenters. The summed E-state index contributed by atoms with van der Waals surface area (Å²) in [6, 6.07) is 8.46. The number of thioether (sulfide) groups is 1. The smallest absolute Gasteiger partial charge is 0.254 e. The van der Waals surface area contributed by atoms with Gasteiger partial charge in [0.05, 0.1) is 24.8 Å². The van der Waals surface area contributed by atoms with Gasteiger partial charge in [-0.25, -0.2) is 9.37 Å². The van der Waals surface area contributed by atoms with Crippen molar-refractivity contribution in [2.45, 2.75) is 38.4 Å². The number of morpholine rings is 1. The van der Waals surface area contributed by atoms with Crippen LogP contribution in [0.2, 0.25) is 0 Å². The van der Waals surface area contributed by atoms with E-state index in [0.29, 0.717) is 18.8 Å². The Balaban J connectivity index is 1.83. The number of nitrogens with one attached hydrogen (secondary N) is 1. The summed E-state index contributed by atoms with van der Waals surface area (Å²) in [6.07, 6.45) is 0. The molecule has 28 heavy (non-hydrogen) atoms. The van der Waals surface area contributed by atoms with E-state index in [2.05, 4.69) is 17.1 Å². The van der Waals surface area contributed by atoms with Gasteiger partial charge in [-0.2, -0.15) is 0 Å². The van der Waals surface area contributed by atoms with Crippen molar-refractivity contribution < 1.29 is 13.9 Å². The normalized spacial score (nSPS) is 16.9. The third-order valence-electron chi connectivity index (χ3n) is 4.68. The molecule has 1 aromatic heterocycles. The first-order chi connectivity index (χ1) is 13.5. The lowest BCUT2D eigenvalue weighted by molar-refractivity contribution is 0.0945. The Kier molecular flexibility index (Phi) is 6.91. The fraction of sp³-hybridized carbons (Fsp3) is 0.429. The van der Waals surface area contributed by atoms with Crippen LogP contribution in [0.3, 0.4) is 0 Å². The summed E-state index contributed by atoms with van der Waals surface area (Å²) in [6.45, 7) is 8.50. The molecule has 5 nitrogen and oxygen atoms in total. The molecule has 0 spiro atoms. The van der Waals surface area contributed by atoms with Gasteiger partial charge in [0.25, 0.3) is 5.91 Å². The van der Waals surface area contributed by atoms with Crippen LogP contribution >= 0.6 is 11.8 Å². The summed E-state index contributed by atoms with van der Waals surface area (Å²) in [5.74, 6) is 1.20. The van der Waals surface area contributed by atoms with Crippen LogP contribution in [0.5, 0.6) is 0 Å². The number of pyridine rings is 1. The molecule has 1 aliphatic rings. The number of nitrogens with zero attached hydrogens (tertiary/aromatic N) is 2. The first-order valence-corrected chi connectivity index (χ1v) is 10.5. The zero-order valence-corrected chi connectivity index (χ0v) is 17.3. The molecule has 0 saturated carbocycles. The molecular formula is C21H26FN3O2S. The van der Waals surface area contributed by atoms with E-state index < -0.39 is 0 Å². The molecule has 1 fully saturated rings. The van der Waals surface area contributed by atoms with Crippen molar-refractivity contribution in [2.75, 3.05) is 30.4 Å². The molecule has 0 bridgehead atoms. The Bertz CT molecular complexity index is 846. The number of carbonyl (C=O) groups excluding carboxylic acids is 1. The van der Waals surface area contributed by atoms with Crippen molar-refractivity contribution in [3.63, 3.8) is 0 Å². The van der Waals surface area contributed by atoms with E-state index >= 15 is 0 Å². The summed E-state index contributed by atoms with van der Waals surface area (Å²) in [5, 5.41) is 3.63. The van der Waals surface area contributed by atoms with E-state index in [0.717, 1.165) is 34.3 Å². The highest BCUT2D eigenvalue weighted by atomic mass is 32.2. The van der Waals surface area contributed by atoms with Gasteiger partial charge in [-0.1, -0.05) is 19.1 Å². The number of amides is 1. The van der Waals surface area contributed by atoms with Crippen LogP contribution in [-0.2, 0) is 11.3 Å². The number of hydrogen-bond acceptors (Lipinski definition) is 5. The first-order valence-electron chi connectivity index (χ1n) is 9.51. The highest BCUT2D eigenvalue weighted by Crippen LogP contribution is 2.29. The van der Waals surface area contributed by atoms with Gasteiger partial charge in [-0.3, -0.25) is 4.79 Å². The minimum atomic E-state index is -0.309. The molecule has 7 heteroatoms. The molecule has 1 amide bonds. The van der Waals surface area contributed by atoms with Gasteiger partial charge in [0.15, 0.2) is 0 Å². The zero-order valence-electron chi connectivity index (χ0n) is 16.5. The number of rotatable bonds is 6. The lowest BCUT2D eigenvalue weighted by Gasteiger charge is -2.34. The number of aromatic nitrogens is 1. The Hall–Kier alpha value is -2.12. The van der Waals surface area contributed by atoms with Crippen molar-refractivity contribution in [3.05, 3.63) is 52.8 Å². The third-order valence-corrected chi connectivity index (χ3v) is 5.54. The average Bonchev–Trinajstić information content (AvgIpc) is 2.66. The van der Waals surface area contributed by atoms with Gasteiger partial charge in [-0.05, 0) is 48.9 Å². The molecule has 0 aliphatic carbocycles. The van der Waals surface area contributed by atoms with Crippen molar-refractivity contribution in [3.8, 4) is 0 Å². The maximum atomic E-state index is 13.4. The lowest BCUT2D eigenvalue weighted by atomic mass is 10.1. The second kappa shape index (κ2) is 9.39. The van der Waals surface area contributed by atoms with E-state index in [1.54, 1.807) is 23.9 Å². The maximum Gasteiger partial charge on any atom is 0.254 e. The lowest BCUT2D eigenvalue weighted by Crippen LogP contribution is -2.44.